The number of hydrogen-bond donors (Lipinski definition) is 1. The van der Waals surface area contributed by atoms with Crippen molar-refractivity contribution < 1.29 is 8.95 Å². The SMILES string of the molecule is Cc1ccc(S(=O)CC2NC(C)(C)CC(C)O2)cc1. The maximum atomic E-state index is 12.3. The fraction of sp³-hybridized carbons (Fsp3) is 0.600. The highest BCUT2D eigenvalue weighted by atomic mass is 32.2. The van der Waals surface area contributed by atoms with Gasteiger partial charge < -0.3 is 4.74 Å². The Morgan fingerprint density at radius 2 is 2.00 bits per heavy atom. The van der Waals surface area contributed by atoms with E-state index in [-0.39, 0.29) is 17.9 Å². The molecule has 106 valence electrons. The number of rotatable bonds is 3. The van der Waals surface area contributed by atoms with E-state index in [4.69, 9.17) is 4.74 Å². The average molecular weight is 281 g/mol. The summed E-state index contributed by atoms with van der Waals surface area (Å²) in [5.74, 6) is 0.497. The Morgan fingerprint density at radius 3 is 2.58 bits per heavy atom. The molecule has 1 aromatic rings. The third-order valence-electron chi connectivity index (χ3n) is 3.33. The summed E-state index contributed by atoms with van der Waals surface area (Å²) in [6, 6.07) is 7.86. The standard InChI is InChI=1S/C15H23NO2S/c1-11-5-7-13(8-6-11)19(17)10-14-16-15(3,4)9-12(2)18-14/h5-8,12,14,16H,9-10H2,1-4H3. The molecule has 0 amide bonds. The van der Waals surface area contributed by atoms with E-state index in [1.807, 2.05) is 31.2 Å². The predicted octanol–water partition coefficient (Wildman–Crippen LogP) is 2.61. The van der Waals surface area contributed by atoms with E-state index in [0.717, 1.165) is 11.3 Å². The van der Waals surface area contributed by atoms with E-state index in [1.165, 1.54) is 5.56 Å². The third kappa shape index (κ3) is 4.13. The van der Waals surface area contributed by atoms with Crippen LogP contribution in [0.1, 0.15) is 32.8 Å². The van der Waals surface area contributed by atoms with Gasteiger partial charge in [0.1, 0.15) is 6.23 Å². The Balaban J connectivity index is 2.00. The molecule has 3 atom stereocenters. The Labute approximate surface area is 118 Å². The Hall–Kier alpha value is -0.710. The second-order valence-electron chi connectivity index (χ2n) is 5.99. The van der Waals surface area contributed by atoms with Gasteiger partial charge in [0.25, 0.3) is 0 Å². The minimum Gasteiger partial charge on any atom is -0.359 e. The molecular formula is C15H23NO2S. The summed E-state index contributed by atoms with van der Waals surface area (Å²) in [5.41, 5.74) is 1.22. The van der Waals surface area contributed by atoms with Gasteiger partial charge in [0.15, 0.2) is 0 Å². The van der Waals surface area contributed by atoms with Gasteiger partial charge in [-0.15, -0.1) is 0 Å². The zero-order valence-electron chi connectivity index (χ0n) is 12.1. The van der Waals surface area contributed by atoms with E-state index in [0.29, 0.717) is 5.75 Å². The molecule has 3 nitrogen and oxygen atoms in total. The summed E-state index contributed by atoms with van der Waals surface area (Å²) in [7, 11) is -1.02. The van der Waals surface area contributed by atoms with Gasteiger partial charge in [-0.05, 0) is 46.2 Å². The van der Waals surface area contributed by atoms with E-state index >= 15 is 0 Å². The highest BCUT2D eigenvalue weighted by molar-refractivity contribution is 7.85. The smallest absolute Gasteiger partial charge is 0.120 e. The van der Waals surface area contributed by atoms with Gasteiger partial charge in [-0.2, -0.15) is 0 Å². The first-order chi connectivity index (χ1) is 8.85. The largest absolute Gasteiger partial charge is 0.359 e. The van der Waals surface area contributed by atoms with Gasteiger partial charge in [0, 0.05) is 10.4 Å². The molecule has 0 bridgehead atoms. The highest BCUT2D eigenvalue weighted by Gasteiger charge is 2.32. The Kier molecular flexibility index (Phi) is 4.43. The Morgan fingerprint density at radius 1 is 1.37 bits per heavy atom. The summed E-state index contributed by atoms with van der Waals surface area (Å²) in [4.78, 5) is 0.868. The van der Waals surface area contributed by atoms with Crippen molar-refractivity contribution in [3.8, 4) is 0 Å². The number of ether oxygens (including phenoxy) is 1. The molecule has 4 heteroatoms. The van der Waals surface area contributed by atoms with E-state index in [9.17, 15) is 4.21 Å². The summed E-state index contributed by atoms with van der Waals surface area (Å²) >= 11 is 0. The topological polar surface area (TPSA) is 38.3 Å². The molecular weight excluding hydrogens is 258 g/mol. The van der Waals surface area contributed by atoms with Crippen LogP contribution in [-0.2, 0) is 15.5 Å². The molecule has 3 unspecified atom stereocenters. The van der Waals surface area contributed by atoms with Crippen molar-refractivity contribution in [2.24, 2.45) is 0 Å². The molecule has 1 aromatic carbocycles. The van der Waals surface area contributed by atoms with Crippen molar-refractivity contribution >= 4 is 10.8 Å². The summed E-state index contributed by atoms with van der Waals surface area (Å²) in [6.45, 7) is 8.43. The van der Waals surface area contributed by atoms with Crippen LogP contribution in [0.2, 0.25) is 0 Å². The number of aryl methyl sites for hydroxylation is 1. The van der Waals surface area contributed by atoms with Crippen LogP contribution in [0.4, 0.5) is 0 Å². The molecule has 1 fully saturated rings. The van der Waals surface area contributed by atoms with Crippen molar-refractivity contribution in [1.29, 1.82) is 0 Å². The zero-order valence-corrected chi connectivity index (χ0v) is 12.9. The lowest BCUT2D eigenvalue weighted by Crippen LogP contribution is -2.56. The number of hydrogen-bond acceptors (Lipinski definition) is 3. The lowest BCUT2D eigenvalue weighted by atomic mass is 9.95. The van der Waals surface area contributed by atoms with Crippen LogP contribution in [-0.4, -0.2) is 27.8 Å². The van der Waals surface area contributed by atoms with Gasteiger partial charge in [0.05, 0.1) is 22.7 Å². The zero-order chi connectivity index (χ0) is 14.0. The quantitative estimate of drug-likeness (QED) is 0.925. The van der Waals surface area contributed by atoms with Crippen LogP contribution in [0.3, 0.4) is 0 Å². The molecule has 0 spiro atoms. The van der Waals surface area contributed by atoms with Gasteiger partial charge in [0.2, 0.25) is 0 Å². The van der Waals surface area contributed by atoms with Crippen molar-refractivity contribution in [1.82, 2.24) is 5.32 Å². The van der Waals surface area contributed by atoms with Gasteiger partial charge >= 0.3 is 0 Å². The molecule has 0 saturated carbocycles. The van der Waals surface area contributed by atoms with Gasteiger partial charge in [-0.3, -0.25) is 9.53 Å². The second kappa shape index (κ2) is 5.73. The van der Waals surface area contributed by atoms with Crippen LogP contribution < -0.4 is 5.32 Å². The van der Waals surface area contributed by atoms with Crippen LogP contribution in [0, 0.1) is 6.92 Å². The fourth-order valence-corrected chi connectivity index (χ4v) is 3.65. The molecule has 0 radical (unpaired) electrons. The van der Waals surface area contributed by atoms with E-state index in [1.54, 1.807) is 0 Å². The van der Waals surface area contributed by atoms with Crippen LogP contribution in [0.25, 0.3) is 0 Å². The first-order valence-electron chi connectivity index (χ1n) is 6.74. The highest BCUT2D eigenvalue weighted by Crippen LogP contribution is 2.22. The number of benzene rings is 1. The summed E-state index contributed by atoms with van der Waals surface area (Å²) < 4.78 is 18.2. The van der Waals surface area contributed by atoms with Crippen molar-refractivity contribution in [3.05, 3.63) is 29.8 Å². The number of nitrogens with one attached hydrogen (secondary N) is 1. The first kappa shape index (κ1) is 14.7. The van der Waals surface area contributed by atoms with Crippen LogP contribution in [0.15, 0.2) is 29.2 Å². The summed E-state index contributed by atoms with van der Waals surface area (Å²) in [5, 5.41) is 3.42. The van der Waals surface area contributed by atoms with Crippen LogP contribution >= 0.6 is 0 Å². The third-order valence-corrected chi connectivity index (χ3v) is 4.74. The monoisotopic (exact) mass is 281 g/mol. The lowest BCUT2D eigenvalue weighted by molar-refractivity contribution is -0.0753. The Bertz CT molecular complexity index is 456. The maximum Gasteiger partial charge on any atom is 0.120 e. The summed E-state index contributed by atoms with van der Waals surface area (Å²) in [6.07, 6.45) is 1.04. The van der Waals surface area contributed by atoms with E-state index in [2.05, 4.69) is 26.1 Å². The van der Waals surface area contributed by atoms with Crippen molar-refractivity contribution in [2.75, 3.05) is 5.75 Å². The first-order valence-corrected chi connectivity index (χ1v) is 8.06. The van der Waals surface area contributed by atoms with Crippen LogP contribution in [0.5, 0.6) is 0 Å². The molecule has 1 heterocycles. The average Bonchev–Trinajstić information content (AvgIpc) is 2.26. The molecule has 0 aromatic heterocycles. The normalized spacial score (nSPS) is 28.0. The molecule has 1 saturated heterocycles. The van der Waals surface area contributed by atoms with E-state index < -0.39 is 10.8 Å². The van der Waals surface area contributed by atoms with Crippen molar-refractivity contribution in [2.45, 2.75) is 56.9 Å². The molecule has 2 rings (SSSR count). The second-order valence-corrected chi connectivity index (χ2v) is 7.49. The molecule has 1 aliphatic rings. The maximum absolute atomic E-state index is 12.3. The fourth-order valence-electron chi connectivity index (χ4n) is 2.58. The molecule has 0 aliphatic carbocycles. The molecule has 1 N–H and O–H groups in total. The minimum absolute atomic E-state index is 0.0415. The van der Waals surface area contributed by atoms with Crippen molar-refractivity contribution in [3.63, 3.8) is 0 Å². The molecule has 1 aliphatic heterocycles. The molecule has 19 heavy (non-hydrogen) atoms. The van der Waals surface area contributed by atoms with Gasteiger partial charge in [-0.25, -0.2) is 0 Å². The van der Waals surface area contributed by atoms with Gasteiger partial charge in [-0.1, -0.05) is 17.7 Å². The minimum atomic E-state index is -1.02. The lowest BCUT2D eigenvalue weighted by Gasteiger charge is -2.40. The predicted molar refractivity (Wildman–Crippen MR) is 78.6 cm³/mol.